The number of rotatable bonds is 4. The highest BCUT2D eigenvalue weighted by Gasteiger charge is 2.14. The van der Waals surface area contributed by atoms with Crippen molar-refractivity contribution in [1.29, 1.82) is 0 Å². The summed E-state index contributed by atoms with van der Waals surface area (Å²) in [6.07, 6.45) is 0. The van der Waals surface area contributed by atoms with E-state index in [-0.39, 0.29) is 0 Å². The molecule has 0 radical (unpaired) electrons. The van der Waals surface area contributed by atoms with Crippen LogP contribution in [0.15, 0.2) is 167 Å². The molecular formula is C42H26O2. The quantitative estimate of drug-likeness (QED) is 0.213. The van der Waals surface area contributed by atoms with E-state index in [1.54, 1.807) is 0 Å². The van der Waals surface area contributed by atoms with Crippen molar-refractivity contribution < 1.29 is 8.83 Å². The van der Waals surface area contributed by atoms with Gasteiger partial charge in [0.25, 0.3) is 0 Å². The SMILES string of the molecule is c1ccc(-c2cc(-c3ccccc3)cc(-c3ccc4oc5ccc(-c6ccc7oc8ccccc8c7c6)cc5c4c3)c2)cc1. The Morgan fingerprint density at radius 2 is 0.591 bits per heavy atom. The summed E-state index contributed by atoms with van der Waals surface area (Å²) < 4.78 is 12.4. The van der Waals surface area contributed by atoms with Crippen molar-refractivity contribution in [3.63, 3.8) is 0 Å². The molecule has 2 aromatic heterocycles. The molecule has 2 heteroatoms. The molecule has 0 aliphatic heterocycles. The minimum absolute atomic E-state index is 0.888. The molecule has 9 rings (SSSR count). The third-order valence-corrected chi connectivity index (χ3v) is 8.66. The van der Waals surface area contributed by atoms with E-state index in [0.29, 0.717) is 0 Å². The van der Waals surface area contributed by atoms with E-state index >= 15 is 0 Å². The van der Waals surface area contributed by atoms with Crippen molar-refractivity contribution in [2.45, 2.75) is 0 Å². The van der Waals surface area contributed by atoms with Gasteiger partial charge in [-0.3, -0.25) is 0 Å². The van der Waals surface area contributed by atoms with Crippen LogP contribution >= 0.6 is 0 Å². The number of para-hydroxylation sites is 1. The summed E-state index contributed by atoms with van der Waals surface area (Å²) in [4.78, 5) is 0. The predicted octanol–water partition coefficient (Wildman–Crippen LogP) is 12.2. The molecule has 0 atom stereocenters. The minimum atomic E-state index is 0.888. The van der Waals surface area contributed by atoms with Gasteiger partial charge in [-0.1, -0.05) is 97.1 Å². The second-order valence-electron chi connectivity index (χ2n) is 11.4. The van der Waals surface area contributed by atoms with Crippen LogP contribution in [0, 0.1) is 0 Å². The highest BCUT2D eigenvalue weighted by molar-refractivity contribution is 6.09. The van der Waals surface area contributed by atoms with Gasteiger partial charge < -0.3 is 8.83 Å². The van der Waals surface area contributed by atoms with Crippen LogP contribution in [-0.2, 0) is 0 Å². The Kier molecular flexibility index (Phi) is 5.54. The van der Waals surface area contributed by atoms with E-state index < -0.39 is 0 Å². The lowest BCUT2D eigenvalue weighted by molar-refractivity contribution is 0.668. The van der Waals surface area contributed by atoms with Gasteiger partial charge in [-0.2, -0.15) is 0 Å². The number of hydrogen-bond acceptors (Lipinski definition) is 2. The Morgan fingerprint density at radius 1 is 0.227 bits per heavy atom. The third-order valence-electron chi connectivity index (χ3n) is 8.66. The Balaban J connectivity index is 1.19. The molecule has 9 aromatic rings. The summed E-state index contributed by atoms with van der Waals surface area (Å²) in [7, 11) is 0. The molecule has 0 N–H and O–H groups in total. The van der Waals surface area contributed by atoms with Crippen molar-refractivity contribution >= 4 is 43.9 Å². The molecule has 0 amide bonds. The Labute approximate surface area is 254 Å². The second-order valence-corrected chi connectivity index (χ2v) is 11.4. The maximum Gasteiger partial charge on any atom is 0.135 e. The fraction of sp³-hybridized carbons (Fsp3) is 0. The van der Waals surface area contributed by atoms with Gasteiger partial charge in [0.2, 0.25) is 0 Å². The molecule has 0 aliphatic rings. The molecule has 0 aliphatic carbocycles. The normalized spacial score (nSPS) is 11.6. The molecule has 206 valence electrons. The number of benzene rings is 7. The van der Waals surface area contributed by atoms with Crippen LogP contribution in [0.3, 0.4) is 0 Å². The van der Waals surface area contributed by atoms with E-state index in [9.17, 15) is 0 Å². The summed E-state index contributed by atoms with van der Waals surface area (Å²) in [5.74, 6) is 0. The van der Waals surface area contributed by atoms with Crippen LogP contribution in [0.2, 0.25) is 0 Å². The average molecular weight is 563 g/mol. The first-order valence-electron chi connectivity index (χ1n) is 14.9. The fourth-order valence-electron chi connectivity index (χ4n) is 6.43. The summed E-state index contributed by atoms with van der Waals surface area (Å²) in [5, 5.41) is 4.49. The zero-order valence-corrected chi connectivity index (χ0v) is 23.8. The largest absolute Gasteiger partial charge is 0.456 e. The molecule has 0 bridgehead atoms. The summed E-state index contributed by atoms with van der Waals surface area (Å²) in [5.41, 5.74) is 13.0. The third kappa shape index (κ3) is 4.11. The Morgan fingerprint density at radius 3 is 1.09 bits per heavy atom. The Bertz CT molecular complexity index is 2420. The van der Waals surface area contributed by atoms with Gasteiger partial charge in [0.05, 0.1) is 0 Å². The van der Waals surface area contributed by atoms with Crippen LogP contribution in [0.5, 0.6) is 0 Å². The van der Waals surface area contributed by atoms with Crippen LogP contribution in [-0.4, -0.2) is 0 Å². The van der Waals surface area contributed by atoms with E-state index in [0.717, 1.165) is 60.6 Å². The van der Waals surface area contributed by atoms with Gasteiger partial charge in [-0.15, -0.1) is 0 Å². The molecule has 0 saturated carbocycles. The van der Waals surface area contributed by atoms with E-state index in [2.05, 4.69) is 146 Å². The molecule has 7 aromatic carbocycles. The van der Waals surface area contributed by atoms with Crippen molar-refractivity contribution in [3.05, 3.63) is 158 Å². The van der Waals surface area contributed by atoms with E-state index in [1.165, 1.54) is 27.8 Å². The van der Waals surface area contributed by atoms with Crippen LogP contribution in [0.25, 0.3) is 88.4 Å². The van der Waals surface area contributed by atoms with Crippen LogP contribution in [0.1, 0.15) is 0 Å². The first-order valence-corrected chi connectivity index (χ1v) is 14.9. The maximum atomic E-state index is 6.32. The van der Waals surface area contributed by atoms with Gasteiger partial charge in [-0.25, -0.2) is 0 Å². The zero-order chi connectivity index (χ0) is 29.0. The molecule has 0 saturated heterocycles. The predicted molar refractivity (Wildman–Crippen MR) is 183 cm³/mol. The monoisotopic (exact) mass is 562 g/mol. The Hall–Kier alpha value is -5.86. The summed E-state index contributed by atoms with van der Waals surface area (Å²) in [6, 6.07) is 55.8. The fourth-order valence-corrected chi connectivity index (χ4v) is 6.43. The van der Waals surface area contributed by atoms with Crippen LogP contribution < -0.4 is 0 Å². The average Bonchev–Trinajstić information content (AvgIpc) is 3.66. The highest BCUT2D eigenvalue weighted by Crippen LogP contribution is 2.39. The molecule has 44 heavy (non-hydrogen) atoms. The van der Waals surface area contributed by atoms with Gasteiger partial charge in [0.15, 0.2) is 0 Å². The smallest absolute Gasteiger partial charge is 0.135 e. The topological polar surface area (TPSA) is 26.3 Å². The van der Waals surface area contributed by atoms with Crippen molar-refractivity contribution in [3.8, 4) is 44.5 Å². The molecule has 0 fully saturated rings. The molecule has 2 nitrogen and oxygen atoms in total. The molecule has 0 spiro atoms. The van der Waals surface area contributed by atoms with Gasteiger partial charge in [0, 0.05) is 21.5 Å². The molecule has 0 unspecified atom stereocenters. The molecule has 2 heterocycles. The first-order chi connectivity index (χ1) is 21.8. The van der Waals surface area contributed by atoms with Crippen molar-refractivity contribution in [1.82, 2.24) is 0 Å². The first kappa shape index (κ1) is 24.7. The standard InChI is InChI=1S/C42H26O2/c1-3-9-27(10-4-1)32-21-33(28-11-5-2-6-12-28)23-34(22-32)31-17-20-42-38(26-31)37-25-30(16-19-41(37)44-42)29-15-18-40-36(24-29)35-13-7-8-14-39(35)43-40/h1-26H. The lowest BCUT2D eigenvalue weighted by Crippen LogP contribution is -1.86. The lowest BCUT2D eigenvalue weighted by atomic mass is 9.93. The van der Waals surface area contributed by atoms with Crippen molar-refractivity contribution in [2.24, 2.45) is 0 Å². The van der Waals surface area contributed by atoms with Gasteiger partial charge >= 0.3 is 0 Å². The highest BCUT2D eigenvalue weighted by atomic mass is 16.3. The van der Waals surface area contributed by atoms with E-state index in [1.807, 2.05) is 12.1 Å². The number of hydrogen-bond donors (Lipinski definition) is 0. The summed E-state index contributed by atoms with van der Waals surface area (Å²) >= 11 is 0. The summed E-state index contributed by atoms with van der Waals surface area (Å²) in [6.45, 7) is 0. The van der Waals surface area contributed by atoms with Gasteiger partial charge in [-0.05, 0) is 105 Å². The van der Waals surface area contributed by atoms with E-state index in [4.69, 9.17) is 8.83 Å². The molecular weight excluding hydrogens is 536 g/mol. The maximum absolute atomic E-state index is 6.32. The van der Waals surface area contributed by atoms with Crippen LogP contribution in [0.4, 0.5) is 0 Å². The van der Waals surface area contributed by atoms with Crippen molar-refractivity contribution in [2.75, 3.05) is 0 Å². The zero-order valence-electron chi connectivity index (χ0n) is 23.8. The number of furan rings is 2. The second kappa shape index (κ2) is 9.86. The number of fused-ring (bicyclic) bond motifs is 6. The minimum Gasteiger partial charge on any atom is -0.456 e. The lowest BCUT2D eigenvalue weighted by Gasteiger charge is -2.11. The van der Waals surface area contributed by atoms with Gasteiger partial charge in [0.1, 0.15) is 22.3 Å².